The van der Waals surface area contributed by atoms with E-state index in [0.717, 1.165) is 0 Å². The normalized spacial score (nSPS) is 22.6. The lowest BCUT2D eigenvalue weighted by Gasteiger charge is -2.41. The summed E-state index contributed by atoms with van der Waals surface area (Å²) in [6.07, 6.45) is -6.99. The molecule has 1 amide bonds. The van der Waals surface area contributed by atoms with Gasteiger partial charge < -0.3 is 5.11 Å². The Labute approximate surface area is 139 Å². The smallest absolute Gasteiger partial charge is 0.364 e. The third kappa shape index (κ3) is 3.47. The van der Waals surface area contributed by atoms with Crippen LogP contribution in [0.1, 0.15) is 46.5 Å². The highest BCUT2D eigenvalue weighted by atomic mass is 19.4. The predicted molar refractivity (Wildman–Crippen MR) is 74.2 cm³/mol. The predicted octanol–water partition coefficient (Wildman–Crippen LogP) is 3.94. The molecule has 0 unspecified atom stereocenters. The van der Waals surface area contributed by atoms with Gasteiger partial charge in [-0.05, 0) is 12.8 Å². The zero-order chi connectivity index (χ0) is 19.8. The van der Waals surface area contributed by atoms with Gasteiger partial charge in [0.25, 0.3) is 0 Å². The molecule has 0 aromatic carbocycles. The molecule has 0 aromatic heterocycles. The first-order valence-corrected chi connectivity index (χ1v) is 7.58. The third-order valence-electron chi connectivity index (χ3n) is 3.82. The van der Waals surface area contributed by atoms with Crippen molar-refractivity contribution in [2.24, 2.45) is 11.0 Å². The van der Waals surface area contributed by atoms with Crippen LogP contribution in [0.2, 0.25) is 0 Å². The molecule has 0 radical (unpaired) electrons. The molecule has 0 aliphatic carbocycles. The zero-order valence-electron chi connectivity index (χ0n) is 13.8. The second-order valence-corrected chi connectivity index (χ2v) is 6.21. The number of carbonyl (C=O) groups is 1. The SMILES string of the molecule is CCCCC1=NN(C(=O)C(C)C)[C@@](O)(C(F)(F)C(F)(F)C(F)(F)F)C1. The van der Waals surface area contributed by atoms with Crippen LogP contribution in [0.4, 0.5) is 30.7 Å². The Morgan fingerprint density at radius 3 is 2.16 bits per heavy atom. The molecule has 11 heteroatoms. The number of rotatable bonds is 6. The molecule has 1 aliphatic rings. The molecule has 25 heavy (non-hydrogen) atoms. The fourth-order valence-corrected chi connectivity index (χ4v) is 2.29. The molecule has 1 heterocycles. The van der Waals surface area contributed by atoms with E-state index >= 15 is 0 Å². The largest absolute Gasteiger partial charge is 0.460 e. The van der Waals surface area contributed by atoms with Crippen LogP contribution in [0.15, 0.2) is 5.10 Å². The lowest BCUT2D eigenvalue weighted by atomic mass is 9.91. The lowest BCUT2D eigenvalue weighted by Crippen LogP contribution is -2.69. The topological polar surface area (TPSA) is 52.9 Å². The maximum absolute atomic E-state index is 14.2. The van der Waals surface area contributed by atoms with Crippen molar-refractivity contribution in [1.29, 1.82) is 0 Å². The summed E-state index contributed by atoms with van der Waals surface area (Å²) in [6, 6.07) is 0. The number of hydrazone groups is 1. The third-order valence-corrected chi connectivity index (χ3v) is 3.82. The molecule has 1 rings (SSSR count). The number of amides is 1. The van der Waals surface area contributed by atoms with Gasteiger partial charge in [0.1, 0.15) is 0 Å². The number of aliphatic hydroxyl groups is 1. The fraction of sp³-hybridized carbons (Fsp3) is 0.857. The average molecular weight is 380 g/mol. The minimum atomic E-state index is -6.62. The van der Waals surface area contributed by atoms with Crippen molar-refractivity contribution in [1.82, 2.24) is 5.01 Å². The van der Waals surface area contributed by atoms with Gasteiger partial charge >= 0.3 is 18.0 Å². The molecule has 0 fully saturated rings. The van der Waals surface area contributed by atoms with E-state index in [-0.39, 0.29) is 17.1 Å². The van der Waals surface area contributed by atoms with Crippen LogP contribution in [-0.4, -0.2) is 45.5 Å². The standard InChI is InChI=1S/C14H19F7N2O2/c1-4-5-6-9-7-11(25,23(22-9)10(24)8(2)3)12(15,16)13(17,18)14(19,20)21/h8,25H,4-7H2,1-3H3/t11-/m0/s1. The maximum atomic E-state index is 14.2. The van der Waals surface area contributed by atoms with Gasteiger partial charge in [0, 0.05) is 18.1 Å². The van der Waals surface area contributed by atoms with Crippen molar-refractivity contribution in [2.45, 2.75) is 70.2 Å². The van der Waals surface area contributed by atoms with Crippen molar-refractivity contribution in [3.8, 4) is 0 Å². The molecular weight excluding hydrogens is 361 g/mol. The minimum Gasteiger partial charge on any atom is -0.364 e. The number of carbonyl (C=O) groups excluding carboxylic acids is 1. The van der Waals surface area contributed by atoms with Crippen LogP contribution in [0.3, 0.4) is 0 Å². The minimum absolute atomic E-state index is 0.0195. The number of nitrogens with zero attached hydrogens (tertiary/aromatic N) is 2. The molecule has 1 N–H and O–H groups in total. The summed E-state index contributed by atoms with van der Waals surface area (Å²) in [6.45, 7) is 4.15. The number of hydrogen-bond donors (Lipinski definition) is 1. The van der Waals surface area contributed by atoms with E-state index in [4.69, 9.17) is 0 Å². The molecule has 0 spiro atoms. The number of halogens is 7. The van der Waals surface area contributed by atoms with Gasteiger partial charge in [-0.15, -0.1) is 0 Å². The Morgan fingerprint density at radius 1 is 1.24 bits per heavy atom. The van der Waals surface area contributed by atoms with E-state index in [9.17, 15) is 40.6 Å². The van der Waals surface area contributed by atoms with Gasteiger partial charge in [0.15, 0.2) is 0 Å². The Balaban J connectivity index is 3.39. The van der Waals surface area contributed by atoms with Crippen LogP contribution in [0.5, 0.6) is 0 Å². The highest BCUT2D eigenvalue weighted by molar-refractivity contribution is 5.91. The Bertz CT molecular complexity index is 546. The molecule has 0 aromatic rings. The van der Waals surface area contributed by atoms with Gasteiger partial charge in [-0.25, -0.2) is 0 Å². The van der Waals surface area contributed by atoms with Crippen LogP contribution in [-0.2, 0) is 4.79 Å². The van der Waals surface area contributed by atoms with Crippen molar-refractivity contribution in [2.75, 3.05) is 0 Å². The Morgan fingerprint density at radius 2 is 1.76 bits per heavy atom. The van der Waals surface area contributed by atoms with E-state index in [1.54, 1.807) is 6.92 Å². The van der Waals surface area contributed by atoms with Crippen molar-refractivity contribution in [3.63, 3.8) is 0 Å². The average Bonchev–Trinajstić information content (AvgIpc) is 2.81. The molecule has 0 saturated carbocycles. The van der Waals surface area contributed by atoms with Crippen molar-refractivity contribution < 1.29 is 40.6 Å². The zero-order valence-corrected chi connectivity index (χ0v) is 13.8. The first-order valence-electron chi connectivity index (χ1n) is 7.58. The number of hydrogen-bond acceptors (Lipinski definition) is 3. The summed E-state index contributed by atoms with van der Waals surface area (Å²) in [7, 11) is 0. The summed E-state index contributed by atoms with van der Waals surface area (Å²) in [5.41, 5.74) is -4.34. The van der Waals surface area contributed by atoms with Gasteiger partial charge in [0.05, 0.1) is 0 Å². The fourth-order valence-electron chi connectivity index (χ4n) is 2.29. The van der Waals surface area contributed by atoms with Crippen molar-refractivity contribution in [3.05, 3.63) is 0 Å². The molecule has 1 aliphatic heterocycles. The molecule has 146 valence electrons. The molecule has 1 atom stereocenters. The van der Waals surface area contributed by atoms with Crippen LogP contribution >= 0.6 is 0 Å². The van der Waals surface area contributed by atoms with Gasteiger partial charge in [-0.1, -0.05) is 27.2 Å². The summed E-state index contributed by atoms with van der Waals surface area (Å²) < 4.78 is 92.5. The lowest BCUT2D eigenvalue weighted by molar-refractivity contribution is -0.401. The first-order chi connectivity index (χ1) is 11.1. The highest BCUT2D eigenvalue weighted by Crippen LogP contribution is 2.54. The van der Waals surface area contributed by atoms with Crippen LogP contribution < -0.4 is 0 Å². The van der Waals surface area contributed by atoms with E-state index in [0.29, 0.717) is 12.8 Å². The van der Waals surface area contributed by atoms with E-state index in [1.807, 2.05) is 0 Å². The first kappa shape index (κ1) is 21.7. The molecular formula is C14H19F7N2O2. The maximum Gasteiger partial charge on any atom is 0.460 e. The number of unbranched alkanes of at least 4 members (excludes halogenated alkanes) is 1. The number of alkyl halides is 7. The Hall–Kier alpha value is -1.39. The van der Waals surface area contributed by atoms with E-state index in [1.165, 1.54) is 13.8 Å². The summed E-state index contributed by atoms with van der Waals surface area (Å²) in [5, 5.41) is 13.2. The van der Waals surface area contributed by atoms with Crippen molar-refractivity contribution >= 4 is 11.6 Å². The molecule has 0 bridgehead atoms. The van der Waals surface area contributed by atoms with E-state index in [2.05, 4.69) is 5.10 Å². The summed E-state index contributed by atoms with van der Waals surface area (Å²) in [5.74, 6) is -14.9. The Kier molecular flexibility index (Phi) is 5.83. The van der Waals surface area contributed by atoms with Crippen LogP contribution in [0, 0.1) is 5.92 Å². The second kappa shape index (κ2) is 6.73. The van der Waals surface area contributed by atoms with Gasteiger partial charge in [-0.3, -0.25) is 4.79 Å². The van der Waals surface area contributed by atoms with Crippen LogP contribution in [0.25, 0.3) is 0 Å². The molecule has 0 saturated heterocycles. The monoisotopic (exact) mass is 380 g/mol. The highest BCUT2D eigenvalue weighted by Gasteiger charge is 2.82. The quantitative estimate of drug-likeness (QED) is 0.710. The summed E-state index contributed by atoms with van der Waals surface area (Å²) in [4.78, 5) is 12.0. The summed E-state index contributed by atoms with van der Waals surface area (Å²) >= 11 is 0. The second-order valence-electron chi connectivity index (χ2n) is 6.21. The van der Waals surface area contributed by atoms with Gasteiger partial charge in [-0.2, -0.15) is 40.8 Å². The van der Waals surface area contributed by atoms with E-state index < -0.39 is 42.0 Å². The van der Waals surface area contributed by atoms with Gasteiger partial charge in [0.2, 0.25) is 11.6 Å². The molecule has 4 nitrogen and oxygen atoms in total.